The summed E-state index contributed by atoms with van der Waals surface area (Å²) in [7, 11) is 0. The molecule has 0 N–H and O–H groups in total. The molecule has 0 aliphatic heterocycles. The van der Waals surface area contributed by atoms with Crippen LogP contribution in [0.3, 0.4) is 0 Å². The molecule has 4 nitrogen and oxygen atoms in total. The maximum atomic E-state index is 5.31. The molecule has 0 fully saturated rings. The molecule has 0 saturated carbocycles. The molecule has 0 aliphatic carbocycles. The van der Waals surface area contributed by atoms with Gasteiger partial charge in [-0.05, 0) is 94.5 Å². The third-order valence-electron chi connectivity index (χ3n) is 12.6. The zero-order chi connectivity index (χ0) is 43.8. The van der Waals surface area contributed by atoms with E-state index in [1.165, 1.54) is 27.6 Å². The third kappa shape index (κ3) is 7.08. The molecule has 0 amide bonds. The van der Waals surface area contributed by atoms with E-state index in [9.17, 15) is 0 Å². The first kappa shape index (κ1) is 38.8. The van der Waals surface area contributed by atoms with Crippen LogP contribution in [0.4, 0.5) is 17.1 Å². The van der Waals surface area contributed by atoms with Crippen LogP contribution in [0.25, 0.3) is 94.4 Å². The lowest BCUT2D eigenvalue weighted by molar-refractivity contribution is 1.17. The molecule has 2 aromatic heterocycles. The quantitative estimate of drug-likeness (QED) is 0.145. The minimum absolute atomic E-state index is 0.697. The molecule has 66 heavy (non-hydrogen) atoms. The number of fused-ring (bicyclic) bond motifs is 4. The van der Waals surface area contributed by atoms with Crippen molar-refractivity contribution < 1.29 is 0 Å². The van der Waals surface area contributed by atoms with Crippen LogP contribution in [-0.4, -0.2) is 14.5 Å². The minimum Gasteiger partial charge on any atom is -0.310 e. The van der Waals surface area contributed by atoms with Crippen LogP contribution in [0.5, 0.6) is 0 Å². The highest BCUT2D eigenvalue weighted by atomic mass is 15.1. The van der Waals surface area contributed by atoms with Gasteiger partial charge >= 0.3 is 0 Å². The second-order valence-corrected chi connectivity index (χ2v) is 16.6. The first-order valence-electron chi connectivity index (χ1n) is 22.4. The second kappa shape index (κ2) is 16.7. The molecule has 10 aromatic carbocycles. The topological polar surface area (TPSA) is 34.0 Å². The molecule has 310 valence electrons. The van der Waals surface area contributed by atoms with Gasteiger partial charge in [-0.3, -0.25) is 0 Å². The number of anilines is 3. The summed E-state index contributed by atoms with van der Waals surface area (Å²) in [5.41, 5.74) is 17.4. The molecule has 12 rings (SSSR count). The molecule has 4 heteroatoms. The molecule has 0 saturated heterocycles. The number of aromatic nitrogens is 3. The monoisotopic (exact) mass is 842 g/mol. The van der Waals surface area contributed by atoms with Gasteiger partial charge in [0.1, 0.15) is 0 Å². The van der Waals surface area contributed by atoms with Crippen molar-refractivity contribution in [3.05, 3.63) is 255 Å². The van der Waals surface area contributed by atoms with Crippen molar-refractivity contribution in [2.24, 2.45) is 0 Å². The standard InChI is InChI=1S/C62H42N4/c1-4-17-43(18-5-1)45-31-33-48(34-32-45)61-55-27-10-13-28-57(55)63-62(64-61)49-37-40-60-56(41-49)54-26-12-15-30-59(54)66(60)52-24-16-23-51(42-52)65(50-38-35-46(36-39-50)44-19-6-2-7-20-44)58-29-14-11-25-53(58)47-21-8-3-9-22-47/h1-42H. The predicted octanol–water partition coefficient (Wildman–Crippen LogP) is 16.5. The second-order valence-electron chi connectivity index (χ2n) is 16.6. The van der Waals surface area contributed by atoms with Crippen molar-refractivity contribution in [2.75, 3.05) is 4.90 Å². The Morgan fingerprint density at radius 2 is 0.864 bits per heavy atom. The van der Waals surface area contributed by atoms with Gasteiger partial charge in [-0.1, -0.05) is 188 Å². The molecule has 2 heterocycles. The molecule has 0 atom stereocenters. The van der Waals surface area contributed by atoms with Gasteiger partial charge in [-0.2, -0.15) is 0 Å². The molecular formula is C62H42N4. The Labute approximate surface area is 384 Å². The lowest BCUT2D eigenvalue weighted by atomic mass is 10.0. The lowest BCUT2D eigenvalue weighted by Crippen LogP contribution is -2.11. The van der Waals surface area contributed by atoms with E-state index in [-0.39, 0.29) is 0 Å². The van der Waals surface area contributed by atoms with E-state index in [1.54, 1.807) is 0 Å². The number of hydrogen-bond donors (Lipinski definition) is 0. The Morgan fingerprint density at radius 3 is 1.59 bits per heavy atom. The van der Waals surface area contributed by atoms with E-state index in [2.05, 4.69) is 252 Å². The summed E-state index contributed by atoms with van der Waals surface area (Å²) < 4.78 is 2.39. The summed E-state index contributed by atoms with van der Waals surface area (Å²) in [5, 5.41) is 3.33. The van der Waals surface area contributed by atoms with Crippen molar-refractivity contribution in [1.82, 2.24) is 14.5 Å². The van der Waals surface area contributed by atoms with Crippen molar-refractivity contribution in [3.8, 4) is 61.7 Å². The zero-order valence-corrected chi connectivity index (χ0v) is 36.0. The number of nitrogens with zero attached hydrogens (tertiary/aromatic N) is 4. The van der Waals surface area contributed by atoms with Crippen LogP contribution >= 0.6 is 0 Å². The molecule has 0 bridgehead atoms. The van der Waals surface area contributed by atoms with Crippen LogP contribution in [-0.2, 0) is 0 Å². The van der Waals surface area contributed by atoms with Crippen LogP contribution in [0, 0.1) is 0 Å². The average molecular weight is 843 g/mol. The van der Waals surface area contributed by atoms with Crippen LogP contribution in [0.15, 0.2) is 255 Å². The Hall–Kier alpha value is -8.86. The fourth-order valence-electron chi connectivity index (χ4n) is 9.43. The molecule has 0 unspecified atom stereocenters. The average Bonchev–Trinajstić information content (AvgIpc) is 3.73. The highest BCUT2D eigenvalue weighted by molar-refractivity contribution is 6.10. The van der Waals surface area contributed by atoms with E-state index in [0.717, 1.165) is 78.0 Å². The van der Waals surface area contributed by atoms with Gasteiger partial charge in [0.15, 0.2) is 5.82 Å². The first-order chi connectivity index (χ1) is 32.7. The van der Waals surface area contributed by atoms with Crippen LogP contribution in [0.1, 0.15) is 0 Å². The molecule has 0 radical (unpaired) electrons. The van der Waals surface area contributed by atoms with Crippen LogP contribution < -0.4 is 4.90 Å². The predicted molar refractivity (Wildman–Crippen MR) is 276 cm³/mol. The fourth-order valence-corrected chi connectivity index (χ4v) is 9.43. The van der Waals surface area contributed by atoms with Crippen molar-refractivity contribution in [1.29, 1.82) is 0 Å². The van der Waals surface area contributed by atoms with Crippen molar-refractivity contribution in [2.45, 2.75) is 0 Å². The summed E-state index contributed by atoms with van der Waals surface area (Å²) in [5.74, 6) is 0.697. The van der Waals surface area contributed by atoms with Crippen molar-refractivity contribution >= 4 is 49.8 Å². The fraction of sp³-hybridized carbons (Fsp3) is 0. The summed E-state index contributed by atoms with van der Waals surface area (Å²) >= 11 is 0. The number of para-hydroxylation sites is 3. The lowest BCUT2D eigenvalue weighted by Gasteiger charge is -2.28. The Balaban J connectivity index is 0.982. The Morgan fingerprint density at radius 1 is 0.318 bits per heavy atom. The number of rotatable bonds is 9. The highest BCUT2D eigenvalue weighted by Crippen LogP contribution is 2.43. The highest BCUT2D eigenvalue weighted by Gasteiger charge is 2.20. The Kier molecular flexibility index (Phi) is 9.81. The third-order valence-corrected chi connectivity index (χ3v) is 12.6. The van der Waals surface area contributed by atoms with E-state index < -0.39 is 0 Å². The smallest absolute Gasteiger partial charge is 0.160 e. The van der Waals surface area contributed by atoms with Gasteiger partial charge in [0, 0.05) is 49.9 Å². The Bertz CT molecular complexity index is 3670. The summed E-state index contributed by atoms with van der Waals surface area (Å²) in [4.78, 5) is 12.9. The SMILES string of the molecule is c1ccc(-c2ccc(-c3nc(-c4ccc5c(c4)c4ccccc4n5-c4cccc(N(c5ccc(-c6ccccc6)cc5)c5ccccc5-c5ccccc5)c4)nc4ccccc34)cc2)cc1. The molecule has 0 spiro atoms. The zero-order valence-electron chi connectivity index (χ0n) is 36.0. The van der Waals surface area contributed by atoms with E-state index in [1.807, 2.05) is 12.1 Å². The maximum absolute atomic E-state index is 5.31. The largest absolute Gasteiger partial charge is 0.310 e. The molecule has 0 aliphatic rings. The van der Waals surface area contributed by atoms with Gasteiger partial charge in [0.05, 0.1) is 27.9 Å². The maximum Gasteiger partial charge on any atom is 0.160 e. The first-order valence-corrected chi connectivity index (χ1v) is 22.4. The van der Waals surface area contributed by atoms with Crippen molar-refractivity contribution in [3.63, 3.8) is 0 Å². The summed E-state index contributed by atoms with van der Waals surface area (Å²) in [6, 6.07) is 90.6. The molecule has 12 aromatic rings. The van der Waals surface area contributed by atoms with Gasteiger partial charge in [-0.25, -0.2) is 9.97 Å². The van der Waals surface area contributed by atoms with E-state index in [0.29, 0.717) is 5.82 Å². The number of hydrogen-bond acceptors (Lipinski definition) is 3. The summed E-state index contributed by atoms with van der Waals surface area (Å²) in [6.45, 7) is 0. The normalized spacial score (nSPS) is 11.3. The summed E-state index contributed by atoms with van der Waals surface area (Å²) in [6.07, 6.45) is 0. The van der Waals surface area contributed by atoms with E-state index >= 15 is 0 Å². The van der Waals surface area contributed by atoms with E-state index in [4.69, 9.17) is 9.97 Å². The minimum atomic E-state index is 0.697. The molecular weight excluding hydrogens is 801 g/mol. The van der Waals surface area contributed by atoms with Gasteiger partial charge in [-0.15, -0.1) is 0 Å². The van der Waals surface area contributed by atoms with Gasteiger partial charge in [0.25, 0.3) is 0 Å². The van der Waals surface area contributed by atoms with Gasteiger partial charge in [0.2, 0.25) is 0 Å². The van der Waals surface area contributed by atoms with Gasteiger partial charge < -0.3 is 9.47 Å². The van der Waals surface area contributed by atoms with Crippen LogP contribution in [0.2, 0.25) is 0 Å². The number of benzene rings is 10.